The van der Waals surface area contributed by atoms with E-state index in [0.717, 1.165) is 12.8 Å². The van der Waals surface area contributed by atoms with Gasteiger partial charge < -0.3 is 5.11 Å². The molecular formula is C10H15LiO. The van der Waals surface area contributed by atoms with Crippen LogP contribution < -0.4 is 24.0 Å². The van der Waals surface area contributed by atoms with E-state index >= 15 is 0 Å². The zero-order valence-electron chi connectivity index (χ0n) is 8.81. The average molecular weight is 159 g/mol. The van der Waals surface area contributed by atoms with Crippen LogP contribution in [0.1, 0.15) is 39.9 Å². The van der Waals surface area contributed by atoms with Crippen LogP contribution in [0.2, 0.25) is 0 Å². The van der Waals surface area contributed by atoms with Crippen molar-refractivity contribution in [2.45, 2.75) is 38.5 Å². The summed E-state index contributed by atoms with van der Waals surface area (Å²) in [5, 5.41) is 11.2. The monoisotopic (exact) mass is 159 g/mol. The molecule has 0 saturated heterocycles. The summed E-state index contributed by atoms with van der Waals surface area (Å²) in [6.07, 6.45) is 6.56. The van der Waals surface area contributed by atoms with E-state index in [9.17, 15) is 5.11 Å². The van der Waals surface area contributed by atoms with Gasteiger partial charge in [0.1, 0.15) is 0 Å². The zero-order chi connectivity index (χ0) is 8.55. The maximum absolute atomic E-state index is 11.2. The molecule has 2 aliphatic rings. The minimum Gasteiger partial charge on any atom is -0.876 e. The van der Waals surface area contributed by atoms with Crippen LogP contribution in [0.5, 0.6) is 0 Å². The fourth-order valence-electron chi connectivity index (χ4n) is 2.34. The number of fused-ring (bicyclic) bond motifs is 1. The Bertz CT molecular complexity index is 215. The standard InChI is InChI=1S/C10H16O.Li/c11-10-6-5-8-3-1-2-4-9(8)7-10;/h7-9,11H,1-6H2;/q;+1/p-1/t8-,9-;/m0./s1/i7D;. The molecular weight excluding hydrogens is 143 g/mol. The Morgan fingerprint density at radius 2 is 2.08 bits per heavy atom. The Labute approximate surface area is 87.8 Å². The molecule has 0 radical (unpaired) electrons. The van der Waals surface area contributed by atoms with E-state index in [-0.39, 0.29) is 24.6 Å². The molecule has 1 saturated carbocycles. The van der Waals surface area contributed by atoms with E-state index in [1.807, 2.05) is 0 Å². The van der Waals surface area contributed by atoms with Crippen molar-refractivity contribution >= 4 is 0 Å². The summed E-state index contributed by atoms with van der Waals surface area (Å²) in [7, 11) is 0. The van der Waals surface area contributed by atoms with Gasteiger partial charge in [0.2, 0.25) is 0 Å². The molecule has 0 spiro atoms. The molecule has 0 bridgehead atoms. The van der Waals surface area contributed by atoms with Gasteiger partial charge in [-0.15, -0.1) is 5.76 Å². The Balaban J connectivity index is 0.000000845. The summed E-state index contributed by atoms with van der Waals surface area (Å²) in [6.45, 7) is 0. The van der Waals surface area contributed by atoms with Crippen LogP contribution in [-0.4, -0.2) is 0 Å². The van der Waals surface area contributed by atoms with Gasteiger partial charge in [-0.25, -0.2) is 0 Å². The Hall–Kier alpha value is 0.137. The van der Waals surface area contributed by atoms with E-state index in [1.165, 1.54) is 19.3 Å². The summed E-state index contributed by atoms with van der Waals surface area (Å²) in [6, 6.07) is 0.436. The fraction of sp³-hybridized carbons (Fsp3) is 0.800. The second-order valence-electron chi connectivity index (χ2n) is 3.76. The van der Waals surface area contributed by atoms with Crippen molar-refractivity contribution in [2.75, 3.05) is 0 Å². The van der Waals surface area contributed by atoms with Gasteiger partial charge in [-0.3, -0.25) is 0 Å². The minimum absolute atomic E-state index is 0. The quantitative estimate of drug-likeness (QED) is 0.409. The molecule has 2 atom stereocenters. The average Bonchev–Trinajstić information content (AvgIpc) is 2.12. The molecule has 2 heteroatoms. The number of hydrogen-bond donors (Lipinski definition) is 0. The normalized spacial score (nSPS) is 36.5. The Morgan fingerprint density at radius 3 is 2.92 bits per heavy atom. The number of allylic oxidation sites excluding steroid dienone is 2. The molecule has 2 rings (SSSR count). The van der Waals surface area contributed by atoms with E-state index in [0.29, 0.717) is 24.3 Å². The predicted molar refractivity (Wildman–Crippen MR) is 42.8 cm³/mol. The molecule has 0 aromatic carbocycles. The molecule has 2 aliphatic carbocycles. The van der Waals surface area contributed by atoms with Gasteiger partial charge in [0, 0.05) is 0 Å². The number of hydrogen-bond acceptors (Lipinski definition) is 1. The third-order valence-electron chi connectivity index (χ3n) is 3.00. The van der Waals surface area contributed by atoms with Gasteiger partial charge in [0.05, 0.1) is 1.37 Å². The van der Waals surface area contributed by atoms with Crippen LogP contribution in [0.15, 0.2) is 11.8 Å². The molecule has 0 aromatic rings. The van der Waals surface area contributed by atoms with Crippen LogP contribution in [0.25, 0.3) is 0 Å². The van der Waals surface area contributed by atoms with Crippen molar-refractivity contribution in [3.63, 3.8) is 0 Å². The van der Waals surface area contributed by atoms with Crippen LogP contribution in [0, 0.1) is 11.8 Å². The van der Waals surface area contributed by atoms with Crippen LogP contribution in [-0.2, 0) is 0 Å². The molecule has 0 N–H and O–H groups in total. The van der Waals surface area contributed by atoms with Gasteiger partial charge in [-0.05, 0) is 37.5 Å². The molecule has 0 aliphatic heterocycles. The number of rotatable bonds is 0. The molecule has 0 heterocycles. The minimum atomic E-state index is 0. The molecule has 1 fully saturated rings. The van der Waals surface area contributed by atoms with Gasteiger partial charge in [0.25, 0.3) is 0 Å². The maximum Gasteiger partial charge on any atom is 1.00 e. The van der Waals surface area contributed by atoms with Crippen molar-refractivity contribution < 1.29 is 25.3 Å². The first-order valence-corrected chi connectivity index (χ1v) is 4.65. The van der Waals surface area contributed by atoms with Gasteiger partial charge in [-0.1, -0.05) is 18.9 Å². The van der Waals surface area contributed by atoms with E-state index in [1.54, 1.807) is 0 Å². The maximum atomic E-state index is 11.2. The second-order valence-corrected chi connectivity index (χ2v) is 3.76. The SMILES string of the molecule is [2H]C1=C([O-])CC[C@@H]2CCCC[C@@H]12.[Li+]. The predicted octanol–water partition coefficient (Wildman–Crippen LogP) is -1.17. The molecule has 0 aromatic heterocycles. The Kier molecular flexibility index (Phi) is 3.19. The summed E-state index contributed by atoms with van der Waals surface area (Å²) < 4.78 is 7.67. The van der Waals surface area contributed by atoms with Crippen molar-refractivity contribution in [1.82, 2.24) is 0 Å². The van der Waals surface area contributed by atoms with Crippen molar-refractivity contribution in [3.8, 4) is 0 Å². The molecule has 1 nitrogen and oxygen atoms in total. The van der Waals surface area contributed by atoms with Gasteiger partial charge in [-0.2, -0.15) is 0 Å². The van der Waals surface area contributed by atoms with Gasteiger partial charge >= 0.3 is 18.9 Å². The molecule has 0 amide bonds. The van der Waals surface area contributed by atoms with Crippen molar-refractivity contribution in [1.29, 1.82) is 0 Å². The zero-order valence-corrected chi connectivity index (χ0v) is 7.81. The summed E-state index contributed by atoms with van der Waals surface area (Å²) >= 11 is 0. The first-order chi connectivity index (χ1) is 5.79. The third-order valence-corrected chi connectivity index (χ3v) is 3.00. The smallest absolute Gasteiger partial charge is 0.876 e. The summed E-state index contributed by atoms with van der Waals surface area (Å²) in [4.78, 5) is 0. The van der Waals surface area contributed by atoms with Crippen LogP contribution >= 0.6 is 0 Å². The van der Waals surface area contributed by atoms with Gasteiger partial charge in [0.15, 0.2) is 0 Å². The van der Waals surface area contributed by atoms with E-state index in [2.05, 4.69) is 0 Å². The van der Waals surface area contributed by atoms with Crippen molar-refractivity contribution in [3.05, 3.63) is 11.8 Å². The van der Waals surface area contributed by atoms with Crippen LogP contribution in [0.3, 0.4) is 0 Å². The van der Waals surface area contributed by atoms with Crippen molar-refractivity contribution in [2.24, 2.45) is 11.8 Å². The van der Waals surface area contributed by atoms with E-state index in [4.69, 9.17) is 1.37 Å². The molecule has 0 unspecified atom stereocenters. The Morgan fingerprint density at radius 1 is 1.33 bits per heavy atom. The fourth-order valence-corrected chi connectivity index (χ4v) is 2.34. The second kappa shape index (κ2) is 4.40. The topological polar surface area (TPSA) is 23.1 Å². The van der Waals surface area contributed by atoms with Crippen LogP contribution in [0.4, 0.5) is 0 Å². The first kappa shape index (κ1) is 8.72. The molecule has 12 heavy (non-hydrogen) atoms. The summed E-state index contributed by atoms with van der Waals surface area (Å²) in [5.74, 6) is 1.11. The largest absolute Gasteiger partial charge is 1.00 e. The third kappa shape index (κ3) is 2.09. The van der Waals surface area contributed by atoms with E-state index < -0.39 is 0 Å². The molecule has 62 valence electrons. The first-order valence-electron chi connectivity index (χ1n) is 5.15. The summed E-state index contributed by atoms with van der Waals surface area (Å²) in [5.41, 5.74) is 0.